The van der Waals surface area contributed by atoms with Crippen molar-refractivity contribution in [2.45, 2.75) is 29.9 Å². The molecule has 0 spiro atoms. The second-order valence-corrected chi connectivity index (χ2v) is 6.01. The third kappa shape index (κ3) is 5.33. The van der Waals surface area contributed by atoms with Gasteiger partial charge in [0.25, 0.3) is 5.91 Å². The number of alkyl halides is 3. The second kappa shape index (κ2) is 8.03. The number of amides is 1. The summed E-state index contributed by atoms with van der Waals surface area (Å²) in [4.78, 5) is 15.9. The summed E-state index contributed by atoms with van der Waals surface area (Å²) in [6.45, 7) is 3.52. The van der Waals surface area contributed by atoms with Crippen LogP contribution in [0, 0.1) is 5.92 Å². The van der Waals surface area contributed by atoms with Gasteiger partial charge in [0.15, 0.2) is 0 Å². The molecule has 1 aromatic rings. The number of thioether (sulfide) groups is 1. The average molecular weight is 356 g/mol. The fourth-order valence-electron chi connectivity index (χ4n) is 2.18. The molecular formula is C13H17ClF3N3OS. The van der Waals surface area contributed by atoms with Crippen molar-refractivity contribution in [3.05, 3.63) is 23.9 Å². The highest BCUT2D eigenvalue weighted by Crippen LogP contribution is 2.37. The van der Waals surface area contributed by atoms with Crippen LogP contribution < -0.4 is 10.6 Å². The molecule has 22 heavy (non-hydrogen) atoms. The predicted molar refractivity (Wildman–Crippen MR) is 81.3 cm³/mol. The van der Waals surface area contributed by atoms with Gasteiger partial charge < -0.3 is 10.6 Å². The molecule has 2 N–H and O–H groups in total. The summed E-state index contributed by atoms with van der Waals surface area (Å²) < 4.78 is 37.5. The van der Waals surface area contributed by atoms with Gasteiger partial charge in [0.1, 0.15) is 5.03 Å². The Morgan fingerprint density at radius 3 is 2.86 bits per heavy atom. The molecule has 0 bridgehead atoms. The Hall–Kier alpha value is -0.990. The zero-order chi connectivity index (χ0) is 15.5. The van der Waals surface area contributed by atoms with E-state index in [0.717, 1.165) is 13.0 Å². The molecule has 1 aliphatic heterocycles. The van der Waals surface area contributed by atoms with Crippen LogP contribution in [0.2, 0.25) is 0 Å². The number of carbonyl (C=O) groups excluding carboxylic acids is 1. The van der Waals surface area contributed by atoms with Crippen LogP contribution in [0.25, 0.3) is 0 Å². The number of aromatic nitrogens is 1. The summed E-state index contributed by atoms with van der Waals surface area (Å²) in [5.74, 6) is -0.235. The minimum Gasteiger partial charge on any atom is -0.348 e. The zero-order valence-electron chi connectivity index (χ0n) is 11.8. The lowest BCUT2D eigenvalue weighted by Crippen LogP contribution is -2.50. The first kappa shape index (κ1) is 19.1. The number of carbonyl (C=O) groups is 1. The molecule has 0 aromatic carbocycles. The van der Waals surface area contributed by atoms with E-state index in [1.54, 1.807) is 0 Å². The normalized spacial score (nSPS) is 21.8. The van der Waals surface area contributed by atoms with Crippen molar-refractivity contribution in [2.75, 3.05) is 13.1 Å². The van der Waals surface area contributed by atoms with Crippen LogP contribution in [0.4, 0.5) is 13.2 Å². The molecule has 9 heteroatoms. The highest BCUT2D eigenvalue weighted by Gasteiger charge is 2.33. The van der Waals surface area contributed by atoms with Gasteiger partial charge in [-0.2, -0.15) is 13.2 Å². The molecule has 0 aliphatic carbocycles. The number of rotatable bonds is 3. The van der Waals surface area contributed by atoms with Gasteiger partial charge >= 0.3 is 5.51 Å². The van der Waals surface area contributed by atoms with Crippen LogP contribution >= 0.6 is 24.2 Å². The molecule has 2 atom stereocenters. The highest BCUT2D eigenvalue weighted by atomic mass is 35.5. The minimum absolute atomic E-state index is 0. The van der Waals surface area contributed by atoms with Crippen molar-refractivity contribution in [2.24, 2.45) is 5.92 Å². The first-order valence-electron chi connectivity index (χ1n) is 6.59. The maximum Gasteiger partial charge on any atom is 0.447 e. The van der Waals surface area contributed by atoms with Crippen molar-refractivity contribution in [3.8, 4) is 0 Å². The second-order valence-electron chi connectivity index (χ2n) is 4.95. The van der Waals surface area contributed by atoms with E-state index in [1.807, 2.05) is 6.92 Å². The molecule has 0 radical (unpaired) electrons. The Morgan fingerprint density at radius 1 is 1.50 bits per heavy atom. The molecule has 124 valence electrons. The Labute approximate surface area is 137 Å². The molecule has 1 aliphatic rings. The van der Waals surface area contributed by atoms with Gasteiger partial charge in [0, 0.05) is 30.5 Å². The summed E-state index contributed by atoms with van der Waals surface area (Å²) in [5.41, 5.74) is -4.51. The van der Waals surface area contributed by atoms with Crippen LogP contribution in [0.5, 0.6) is 0 Å². The predicted octanol–water partition coefficient (Wildman–Crippen LogP) is 2.84. The van der Waals surface area contributed by atoms with Crippen LogP contribution in [0.3, 0.4) is 0 Å². The van der Waals surface area contributed by atoms with Gasteiger partial charge in [-0.25, -0.2) is 4.98 Å². The largest absolute Gasteiger partial charge is 0.447 e. The summed E-state index contributed by atoms with van der Waals surface area (Å²) >= 11 is -0.369. The summed E-state index contributed by atoms with van der Waals surface area (Å²) in [5, 5.41) is 5.63. The van der Waals surface area contributed by atoms with Gasteiger partial charge in [-0.3, -0.25) is 4.79 Å². The lowest BCUT2D eigenvalue weighted by atomic mass is 9.94. The molecule has 2 unspecified atom stereocenters. The Bertz CT molecular complexity index is 516. The van der Waals surface area contributed by atoms with Crippen molar-refractivity contribution in [1.29, 1.82) is 0 Å². The van der Waals surface area contributed by atoms with Crippen molar-refractivity contribution in [3.63, 3.8) is 0 Å². The van der Waals surface area contributed by atoms with Gasteiger partial charge in [-0.05, 0) is 31.0 Å². The monoisotopic (exact) mass is 355 g/mol. The zero-order valence-corrected chi connectivity index (χ0v) is 13.4. The van der Waals surface area contributed by atoms with Gasteiger partial charge in [0.2, 0.25) is 0 Å². The average Bonchev–Trinajstić information content (AvgIpc) is 2.40. The summed E-state index contributed by atoms with van der Waals surface area (Å²) in [7, 11) is 0. The first-order valence-corrected chi connectivity index (χ1v) is 7.41. The number of hydrogen-bond donors (Lipinski definition) is 2. The molecule has 1 fully saturated rings. The summed E-state index contributed by atoms with van der Waals surface area (Å²) in [6, 6.07) is 2.73. The topological polar surface area (TPSA) is 54.0 Å². The Morgan fingerprint density at radius 2 is 2.23 bits per heavy atom. The molecule has 1 amide bonds. The highest BCUT2D eigenvalue weighted by molar-refractivity contribution is 8.00. The molecule has 1 aromatic heterocycles. The van der Waals surface area contributed by atoms with Crippen LogP contribution in [-0.4, -0.2) is 35.5 Å². The fraction of sp³-hybridized carbons (Fsp3) is 0.538. The number of pyridine rings is 1. The SMILES string of the molecule is CC1CCNCC1NC(=O)c1cccnc1SC(F)(F)F.Cl. The number of nitrogens with one attached hydrogen (secondary N) is 2. The molecule has 0 saturated carbocycles. The molecule has 1 saturated heterocycles. The molecule has 4 nitrogen and oxygen atoms in total. The summed E-state index contributed by atoms with van der Waals surface area (Å²) in [6.07, 6.45) is 2.16. The van der Waals surface area contributed by atoms with Gasteiger partial charge in [-0.1, -0.05) is 6.92 Å². The van der Waals surface area contributed by atoms with Crippen molar-refractivity contribution >= 4 is 30.1 Å². The van der Waals surface area contributed by atoms with E-state index in [0.29, 0.717) is 6.54 Å². The number of hydrogen-bond acceptors (Lipinski definition) is 4. The number of halogens is 4. The maximum atomic E-state index is 12.5. The van der Waals surface area contributed by atoms with E-state index in [4.69, 9.17) is 0 Å². The van der Waals surface area contributed by atoms with Gasteiger partial charge in [-0.15, -0.1) is 12.4 Å². The van der Waals surface area contributed by atoms with E-state index in [2.05, 4.69) is 15.6 Å². The lowest BCUT2D eigenvalue weighted by Gasteiger charge is -2.30. The van der Waals surface area contributed by atoms with E-state index >= 15 is 0 Å². The van der Waals surface area contributed by atoms with E-state index in [1.165, 1.54) is 18.3 Å². The quantitative estimate of drug-likeness (QED) is 0.819. The Kier molecular flexibility index (Phi) is 6.96. The van der Waals surface area contributed by atoms with Crippen molar-refractivity contribution < 1.29 is 18.0 Å². The third-order valence-electron chi connectivity index (χ3n) is 3.37. The molecular weight excluding hydrogens is 339 g/mol. The first-order chi connectivity index (χ1) is 9.87. The molecule has 2 rings (SSSR count). The van der Waals surface area contributed by atoms with Crippen LogP contribution in [-0.2, 0) is 0 Å². The minimum atomic E-state index is -4.47. The van der Waals surface area contributed by atoms with E-state index in [9.17, 15) is 18.0 Å². The lowest BCUT2D eigenvalue weighted by molar-refractivity contribution is -0.0329. The smallest absolute Gasteiger partial charge is 0.348 e. The third-order valence-corrected chi connectivity index (χ3v) is 4.12. The van der Waals surface area contributed by atoms with E-state index in [-0.39, 0.29) is 46.7 Å². The van der Waals surface area contributed by atoms with Crippen LogP contribution in [0.1, 0.15) is 23.7 Å². The van der Waals surface area contributed by atoms with Crippen LogP contribution in [0.15, 0.2) is 23.4 Å². The number of nitrogens with zero attached hydrogens (tertiary/aromatic N) is 1. The number of piperidine rings is 1. The van der Waals surface area contributed by atoms with Crippen molar-refractivity contribution in [1.82, 2.24) is 15.6 Å². The van der Waals surface area contributed by atoms with Gasteiger partial charge in [0.05, 0.1) is 5.56 Å². The fourth-order valence-corrected chi connectivity index (χ4v) is 2.79. The molecule has 2 heterocycles. The standard InChI is InChI=1S/C13H16F3N3OS.ClH/c1-8-4-6-17-7-10(8)19-11(20)9-3-2-5-18-12(9)21-13(14,15)16;/h2-3,5,8,10,17H,4,6-7H2,1H3,(H,19,20);1H. The van der Waals surface area contributed by atoms with E-state index < -0.39 is 11.4 Å². The Balaban J connectivity index is 0.00000242. The maximum absolute atomic E-state index is 12.5.